The normalized spacial score (nSPS) is 24.8. The molecule has 1 unspecified atom stereocenters. The highest BCUT2D eigenvalue weighted by molar-refractivity contribution is 5.34. The van der Waals surface area contributed by atoms with Gasteiger partial charge in [0.05, 0.1) is 0 Å². The van der Waals surface area contributed by atoms with Crippen molar-refractivity contribution in [1.82, 2.24) is 10.2 Å². The number of hydrogen-bond donors (Lipinski definition) is 1. The van der Waals surface area contributed by atoms with Crippen LogP contribution in [-0.2, 0) is 6.42 Å². The van der Waals surface area contributed by atoms with Gasteiger partial charge in [-0.05, 0) is 42.9 Å². The molecule has 0 saturated carbocycles. The number of nitrogens with one attached hydrogen (secondary N) is 1. The van der Waals surface area contributed by atoms with Gasteiger partial charge in [-0.2, -0.15) is 0 Å². The number of benzene rings is 1. The first-order valence-electron chi connectivity index (χ1n) is 6.94. The molecular weight excluding hydrogens is 208 g/mol. The van der Waals surface area contributed by atoms with Crippen molar-refractivity contribution in [2.45, 2.75) is 25.2 Å². The van der Waals surface area contributed by atoms with E-state index in [0.29, 0.717) is 0 Å². The molecule has 1 aromatic carbocycles. The van der Waals surface area contributed by atoms with Crippen LogP contribution in [0.4, 0.5) is 0 Å². The molecular formula is C15H22N2. The predicted octanol–water partition coefficient (Wildman–Crippen LogP) is 2.01. The molecule has 1 atom stereocenters. The minimum Gasteiger partial charge on any atom is -0.314 e. The molecule has 1 aliphatic heterocycles. The van der Waals surface area contributed by atoms with Gasteiger partial charge in [-0.25, -0.2) is 0 Å². The van der Waals surface area contributed by atoms with Crippen LogP contribution in [-0.4, -0.2) is 37.6 Å². The topological polar surface area (TPSA) is 15.3 Å². The molecule has 1 saturated heterocycles. The van der Waals surface area contributed by atoms with E-state index in [1.165, 1.54) is 52.0 Å². The van der Waals surface area contributed by atoms with E-state index >= 15 is 0 Å². The van der Waals surface area contributed by atoms with Gasteiger partial charge < -0.3 is 10.2 Å². The molecule has 0 bridgehead atoms. The molecule has 0 radical (unpaired) electrons. The Balaban J connectivity index is 1.56. The summed E-state index contributed by atoms with van der Waals surface area (Å²) in [5, 5.41) is 3.42. The fourth-order valence-electron chi connectivity index (χ4n) is 3.22. The van der Waals surface area contributed by atoms with Crippen LogP contribution in [0, 0.1) is 0 Å². The monoisotopic (exact) mass is 230 g/mol. The lowest BCUT2D eigenvalue weighted by Gasteiger charge is -2.28. The van der Waals surface area contributed by atoms with Gasteiger partial charge in [0.1, 0.15) is 0 Å². The molecule has 1 aromatic rings. The number of nitrogens with zero attached hydrogens (tertiary/aromatic N) is 1. The SMILES string of the molecule is c1ccc2c(c1)CCC2CCN1CCNCC1. The summed E-state index contributed by atoms with van der Waals surface area (Å²) in [4.78, 5) is 2.61. The Morgan fingerprint density at radius 1 is 1.18 bits per heavy atom. The fraction of sp³-hybridized carbons (Fsp3) is 0.600. The summed E-state index contributed by atoms with van der Waals surface area (Å²) in [6.07, 6.45) is 4.00. The van der Waals surface area contributed by atoms with Crippen LogP contribution in [0.25, 0.3) is 0 Å². The summed E-state index contributed by atoms with van der Waals surface area (Å²) >= 11 is 0. The zero-order valence-corrected chi connectivity index (χ0v) is 10.5. The van der Waals surface area contributed by atoms with Gasteiger partial charge in [0.2, 0.25) is 0 Å². The lowest BCUT2D eigenvalue weighted by molar-refractivity contribution is 0.232. The van der Waals surface area contributed by atoms with Crippen molar-refractivity contribution in [1.29, 1.82) is 0 Å². The summed E-state index contributed by atoms with van der Waals surface area (Å²) in [5.41, 5.74) is 3.22. The Morgan fingerprint density at radius 3 is 2.88 bits per heavy atom. The van der Waals surface area contributed by atoms with Crippen LogP contribution in [0.3, 0.4) is 0 Å². The highest BCUT2D eigenvalue weighted by atomic mass is 15.2. The molecule has 1 aliphatic carbocycles. The van der Waals surface area contributed by atoms with Gasteiger partial charge in [-0.15, -0.1) is 0 Å². The first-order chi connectivity index (χ1) is 8.43. The fourth-order valence-corrected chi connectivity index (χ4v) is 3.22. The van der Waals surface area contributed by atoms with Crippen molar-refractivity contribution >= 4 is 0 Å². The first kappa shape index (κ1) is 11.2. The van der Waals surface area contributed by atoms with Crippen LogP contribution in [0.2, 0.25) is 0 Å². The summed E-state index contributed by atoms with van der Waals surface area (Å²) < 4.78 is 0. The number of hydrogen-bond acceptors (Lipinski definition) is 2. The zero-order chi connectivity index (χ0) is 11.5. The second-order valence-electron chi connectivity index (χ2n) is 5.31. The van der Waals surface area contributed by atoms with Crippen molar-refractivity contribution in [3.8, 4) is 0 Å². The Bertz CT molecular complexity index is 369. The summed E-state index contributed by atoms with van der Waals surface area (Å²) in [6.45, 7) is 6.08. The number of aryl methyl sites for hydroxylation is 1. The summed E-state index contributed by atoms with van der Waals surface area (Å²) in [6, 6.07) is 9.02. The molecule has 17 heavy (non-hydrogen) atoms. The Morgan fingerprint density at radius 2 is 2.00 bits per heavy atom. The predicted molar refractivity (Wildman–Crippen MR) is 71.4 cm³/mol. The maximum Gasteiger partial charge on any atom is 0.0107 e. The first-order valence-corrected chi connectivity index (χ1v) is 6.94. The van der Waals surface area contributed by atoms with Crippen molar-refractivity contribution in [2.75, 3.05) is 32.7 Å². The Hall–Kier alpha value is -0.860. The third kappa shape index (κ3) is 2.53. The van der Waals surface area contributed by atoms with Crippen molar-refractivity contribution in [2.24, 2.45) is 0 Å². The summed E-state index contributed by atoms with van der Waals surface area (Å²) in [7, 11) is 0. The standard InChI is InChI=1S/C15H22N2/c1-2-4-15-13(3-1)5-6-14(15)7-10-17-11-8-16-9-12-17/h1-4,14,16H,5-12H2. The maximum absolute atomic E-state index is 3.42. The molecule has 3 rings (SSSR count). The van der Waals surface area contributed by atoms with Gasteiger partial charge in [0, 0.05) is 26.2 Å². The zero-order valence-electron chi connectivity index (χ0n) is 10.5. The highest BCUT2D eigenvalue weighted by Crippen LogP contribution is 2.35. The highest BCUT2D eigenvalue weighted by Gasteiger charge is 2.22. The van der Waals surface area contributed by atoms with Crippen LogP contribution >= 0.6 is 0 Å². The molecule has 0 spiro atoms. The lowest BCUT2D eigenvalue weighted by atomic mass is 9.97. The number of rotatable bonds is 3. The van der Waals surface area contributed by atoms with Crippen LogP contribution < -0.4 is 5.32 Å². The lowest BCUT2D eigenvalue weighted by Crippen LogP contribution is -2.43. The molecule has 92 valence electrons. The van der Waals surface area contributed by atoms with Gasteiger partial charge in [0.25, 0.3) is 0 Å². The minimum absolute atomic E-state index is 0.820. The van der Waals surface area contributed by atoms with Gasteiger partial charge in [-0.3, -0.25) is 0 Å². The van der Waals surface area contributed by atoms with E-state index in [2.05, 4.69) is 34.5 Å². The van der Waals surface area contributed by atoms with Crippen molar-refractivity contribution in [3.63, 3.8) is 0 Å². The van der Waals surface area contributed by atoms with E-state index in [0.717, 1.165) is 5.92 Å². The largest absolute Gasteiger partial charge is 0.314 e. The van der Waals surface area contributed by atoms with E-state index in [9.17, 15) is 0 Å². The molecule has 1 fully saturated rings. The average Bonchev–Trinajstić information content (AvgIpc) is 2.81. The van der Waals surface area contributed by atoms with Crippen molar-refractivity contribution < 1.29 is 0 Å². The maximum atomic E-state index is 3.42. The van der Waals surface area contributed by atoms with E-state index in [-0.39, 0.29) is 0 Å². The third-order valence-corrected chi connectivity index (χ3v) is 4.26. The van der Waals surface area contributed by atoms with Gasteiger partial charge in [0.15, 0.2) is 0 Å². The summed E-state index contributed by atoms with van der Waals surface area (Å²) in [5.74, 6) is 0.820. The average molecular weight is 230 g/mol. The minimum atomic E-state index is 0.820. The van der Waals surface area contributed by atoms with E-state index in [1.54, 1.807) is 11.1 Å². The molecule has 0 aromatic heterocycles. The third-order valence-electron chi connectivity index (χ3n) is 4.26. The van der Waals surface area contributed by atoms with Crippen LogP contribution in [0.1, 0.15) is 29.9 Å². The Labute approximate surface area is 104 Å². The molecule has 1 heterocycles. The van der Waals surface area contributed by atoms with Crippen LogP contribution in [0.15, 0.2) is 24.3 Å². The molecule has 2 aliphatic rings. The van der Waals surface area contributed by atoms with E-state index in [4.69, 9.17) is 0 Å². The van der Waals surface area contributed by atoms with Crippen LogP contribution in [0.5, 0.6) is 0 Å². The second-order valence-corrected chi connectivity index (χ2v) is 5.31. The second kappa shape index (κ2) is 5.19. The quantitative estimate of drug-likeness (QED) is 0.854. The van der Waals surface area contributed by atoms with Gasteiger partial charge in [-0.1, -0.05) is 24.3 Å². The van der Waals surface area contributed by atoms with E-state index < -0.39 is 0 Å². The molecule has 1 N–H and O–H groups in total. The number of fused-ring (bicyclic) bond motifs is 1. The molecule has 2 heteroatoms. The van der Waals surface area contributed by atoms with Crippen molar-refractivity contribution in [3.05, 3.63) is 35.4 Å². The van der Waals surface area contributed by atoms with Gasteiger partial charge >= 0.3 is 0 Å². The Kier molecular flexibility index (Phi) is 3.44. The van der Waals surface area contributed by atoms with E-state index in [1.807, 2.05) is 0 Å². The number of piperazine rings is 1. The molecule has 2 nitrogen and oxygen atoms in total. The molecule has 0 amide bonds. The smallest absolute Gasteiger partial charge is 0.0107 e.